The van der Waals surface area contributed by atoms with Crippen LogP contribution in [0.1, 0.15) is 37.7 Å². The summed E-state index contributed by atoms with van der Waals surface area (Å²) in [7, 11) is 1.65. The Bertz CT molecular complexity index is 410. The van der Waals surface area contributed by atoms with E-state index in [1.165, 1.54) is 12.8 Å². The molecule has 98 valence electrons. The molecular weight excluding hydrogens is 228 g/mol. The van der Waals surface area contributed by atoms with E-state index in [1.54, 1.807) is 7.11 Å². The van der Waals surface area contributed by atoms with Gasteiger partial charge in [-0.05, 0) is 42.4 Å². The van der Waals surface area contributed by atoms with Crippen LogP contribution < -0.4 is 9.47 Å². The second-order valence-electron chi connectivity index (χ2n) is 4.97. The number of hydrogen-bond donors (Lipinski definition) is 0. The van der Waals surface area contributed by atoms with Gasteiger partial charge < -0.3 is 14.3 Å². The van der Waals surface area contributed by atoms with Crippen molar-refractivity contribution in [3.05, 3.63) is 23.8 Å². The van der Waals surface area contributed by atoms with Gasteiger partial charge in [-0.15, -0.1) is 0 Å². The molecule has 0 bridgehead atoms. The van der Waals surface area contributed by atoms with E-state index in [0.29, 0.717) is 12.3 Å². The summed E-state index contributed by atoms with van der Waals surface area (Å²) in [5.41, 5.74) is 1.12. The minimum absolute atomic E-state index is 0.219. The molecule has 1 fully saturated rings. The summed E-state index contributed by atoms with van der Waals surface area (Å²) in [6.45, 7) is 2.81. The molecule has 3 heteroatoms. The van der Waals surface area contributed by atoms with Gasteiger partial charge in [0.15, 0.2) is 11.5 Å². The Morgan fingerprint density at radius 1 is 1.39 bits per heavy atom. The summed E-state index contributed by atoms with van der Waals surface area (Å²) < 4.78 is 11.1. The van der Waals surface area contributed by atoms with Gasteiger partial charge in [-0.1, -0.05) is 13.0 Å². The van der Waals surface area contributed by atoms with Crippen molar-refractivity contribution in [3.8, 4) is 11.5 Å². The van der Waals surface area contributed by atoms with Gasteiger partial charge >= 0.3 is 0 Å². The van der Waals surface area contributed by atoms with E-state index in [1.807, 2.05) is 25.1 Å². The molecule has 1 saturated carbocycles. The minimum atomic E-state index is 0.219. The molecule has 0 radical (unpaired) electrons. The fraction of sp³-hybridized carbons (Fsp3) is 0.533. The van der Waals surface area contributed by atoms with E-state index < -0.39 is 0 Å². The Morgan fingerprint density at radius 3 is 2.78 bits per heavy atom. The normalized spacial score (nSPS) is 16.1. The first-order chi connectivity index (χ1) is 8.74. The van der Waals surface area contributed by atoms with Crippen LogP contribution in [0.5, 0.6) is 11.5 Å². The fourth-order valence-corrected chi connectivity index (χ4v) is 1.89. The third kappa shape index (κ3) is 3.25. The van der Waals surface area contributed by atoms with Gasteiger partial charge in [0.1, 0.15) is 6.29 Å². The summed E-state index contributed by atoms with van der Waals surface area (Å²) in [6, 6.07) is 5.91. The standard InChI is InChI=1S/C15H20O3/c1-11(7-8-16)13-5-6-14(17-2)15(9-13)18-10-12-3-4-12/h5-6,8-9,11-12H,3-4,7,10H2,1-2H3. The molecule has 1 aromatic rings. The van der Waals surface area contributed by atoms with Crippen LogP contribution in [-0.2, 0) is 4.79 Å². The van der Waals surface area contributed by atoms with Crippen molar-refractivity contribution in [2.45, 2.75) is 32.1 Å². The predicted molar refractivity (Wildman–Crippen MR) is 70.3 cm³/mol. The lowest BCUT2D eigenvalue weighted by atomic mass is 9.98. The maximum atomic E-state index is 10.6. The second kappa shape index (κ2) is 5.89. The number of aldehydes is 1. The van der Waals surface area contributed by atoms with Crippen LogP contribution in [0.2, 0.25) is 0 Å². The van der Waals surface area contributed by atoms with Crippen LogP contribution in [0.4, 0.5) is 0 Å². The quantitative estimate of drug-likeness (QED) is 0.695. The van der Waals surface area contributed by atoms with Crippen molar-refractivity contribution >= 4 is 6.29 Å². The van der Waals surface area contributed by atoms with Gasteiger partial charge in [-0.3, -0.25) is 0 Å². The number of hydrogen-bond acceptors (Lipinski definition) is 3. The smallest absolute Gasteiger partial charge is 0.161 e. The average molecular weight is 248 g/mol. The molecule has 0 aromatic heterocycles. The van der Waals surface area contributed by atoms with Crippen molar-refractivity contribution in [3.63, 3.8) is 0 Å². The highest BCUT2D eigenvalue weighted by molar-refractivity contribution is 5.52. The van der Waals surface area contributed by atoms with E-state index in [9.17, 15) is 4.79 Å². The number of methoxy groups -OCH3 is 1. The first-order valence-electron chi connectivity index (χ1n) is 6.49. The molecule has 18 heavy (non-hydrogen) atoms. The topological polar surface area (TPSA) is 35.5 Å². The van der Waals surface area contributed by atoms with Crippen LogP contribution in [0.25, 0.3) is 0 Å². The summed E-state index contributed by atoms with van der Waals surface area (Å²) in [5, 5.41) is 0. The molecule has 1 aromatic carbocycles. The summed E-state index contributed by atoms with van der Waals surface area (Å²) in [5.74, 6) is 2.49. The van der Waals surface area contributed by atoms with E-state index in [4.69, 9.17) is 9.47 Å². The van der Waals surface area contributed by atoms with Crippen molar-refractivity contribution in [2.24, 2.45) is 5.92 Å². The molecular formula is C15H20O3. The average Bonchev–Trinajstić information content (AvgIpc) is 3.20. The Hall–Kier alpha value is -1.51. The largest absolute Gasteiger partial charge is 0.493 e. The van der Waals surface area contributed by atoms with Crippen LogP contribution >= 0.6 is 0 Å². The number of benzene rings is 1. The molecule has 3 nitrogen and oxygen atoms in total. The molecule has 1 aliphatic rings. The first-order valence-corrected chi connectivity index (χ1v) is 6.49. The van der Waals surface area contributed by atoms with Crippen LogP contribution in [-0.4, -0.2) is 20.0 Å². The van der Waals surface area contributed by atoms with Gasteiger partial charge in [-0.25, -0.2) is 0 Å². The zero-order chi connectivity index (χ0) is 13.0. The maximum absolute atomic E-state index is 10.6. The number of carbonyl (C=O) groups excluding carboxylic acids is 1. The second-order valence-corrected chi connectivity index (χ2v) is 4.97. The van der Waals surface area contributed by atoms with Gasteiger partial charge in [0.05, 0.1) is 13.7 Å². The summed E-state index contributed by atoms with van der Waals surface area (Å²) in [4.78, 5) is 10.6. The number of carbonyl (C=O) groups is 1. The number of rotatable bonds is 7. The SMILES string of the molecule is COc1ccc(C(C)CC=O)cc1OCC1CC1. The Kier molecular flexibility index (Phi) is 4.24. The number of ether oxygens (including phenoxy) is 2. The van der Waals surface area contributed by atoms with Gasteiger partial charge in [-0.2, -0.15) is 0 Å². The Balaban J connectivity index is 2.11. The monoisotopic (exact) mass is 248 g/mol. The minimum Gasteiger partial charge on any atom is -0.493 e. The predicted octanol–water partition coefficient (Wildman–Crippen LogP) is 3.18. The molecule has 1 aliphatic carbocycles. The Labute approximate surface area is 108 Å². The van der Waals surface area contributed by atoms with Crippen molar-refractivity contribution in [1.82, 2.24) is 0 Å². The maximum Gasteiger partial charge on any atom is 0.161 e. The lowest BCUT2D eigenvalue weighted by Crippen LogP contribution is -2.02. The highest BCUT2D eigenvalue weighted by Gasteiger charge is 2.22. The zero-order valence-corrected chi connectivity index (χ0v) is 11.0. The van der Waals surface area contributed by atoms with Crippen molar-refractivity contribution in [2.75, 3.05) is 13.7 Å². The third-order valence-corrected chi connectivity index (χ3v) is 3.38. The third-order valence-electron chi connectivity index (χ3n) is 3.38. The highest BCUT2D eigenvalue weighted by atomic mass is 16.5. The first kappa shape index (κ1) is 12.9. The molecule has 0 aliphatic heterocycles. The van der Waals surface area contributed by atoms with Gasteiger partial charge in [0, 0.05) is 6.42 Å². The molecule has 1 atom stereocenters. The van der Waals surface area contributed by atoms with Crippen molar-refractivity contribution in [1.29, 1.82) is 0 Å². The zero-order valence-electron chi connectivity index (χ0n) is 11.0. The van der Waals surface area contributed by atoms with E-state index in [-0.39, 0.29) is 5.92 Å². The van der Waals surface area contributed by atoms with E-state index >= 15 is 0 Å². The molecule has 0 heterocycles. The Morgan fingerprint density at radius 2 is 2.17 bits per heavy atom. The molecule has 2 rings (SSSR count). The van der Waals surface area contributed by atoms with Crippen molar-refractivity contribution < 1.29 is 14.3 Å². The molecule has 0 N–H and O–H groups in total. The van der Waals surface area contributed by atoms with Crippen LogP contribution in [0.15, 0.2) is 18.2 Å². The van der Waals surface area contributed by atoms with Gasteiger partial charge in [0.25, 0.3) is 0 Å². The molecule has 0 amide bonds. The van der Waals surface area contributed by atoms with E-state index in [0.717, 1.165) is 30.0 Å². The van der Waals surface area contributed by atoms with E-state index in [2.05, 4.69) is 0 Å². The fourth-order valence-electron chi connectivity index (χ4n) is 1.89. The van der Waals surface area contributed by atoms with Gasteiger partial charge in [0.2, 0.25) is 0 Å². The molecule has 1 unspecified atom stereocenters. The lowest BCUT2D eigenvalue weighted by molar-refractivity contribution is -0.108. The lowest BCUT2D eigenvalue weighted by Gasteiger charge is -2.14. The highest BCUT2D eigenvalue weighted by Crippen LogP contribution is 2.34. The molecule has 0 saturated heterocycles. The summed E-state index contributed by atoms with van der Waals surface area (Å²) >= 11 is 0. The van der Waals surface area contributed by atoms with Crippen LogP contribution in [0, 0.1) is 5.92 Å². The van der Waals surface area contributed by atoms with Crippen LogP contribution in [0.3, 0.4) is 0 Å². The summed E-state index contributed by atoms with van der Waals surface area (Å²) in [6.07, 6.45) is 4.03. The molecule has 0 spiro atoms.